The lowest BCUT2D eigenvalue weighted by Gasteiger charge is -2.24. The van der Waals surface area contributed by atoms with Crippen LogP contribution in [0.3, 0.4) is 0 Å². The van der Waals surface area contributed by atoms with E-state index in [1.54, 1.807) is 24.4 Å². The number of sulfone groups is 1. The molecule has 0 aliphatic heterocycles. The van der Waals surface area contributed by atoms with Gasteiger partial charge in [-0.3, -0.25) is 14.7 Å². The normalized spacial score (nSPS) is 13.9. The number of hydrogen-bond donors (Lipinski definition) is 2. The summed E-state index contributed by atoms with van der Waals surface area (Å²) in [6.07, 6.45) is 4.47. The third-order valence-corrected chi connectivity index (χ3v) is 8.01. The van der Waals surface area contributed by atoms with E-state index in [1.807, 2.05) is 18.4 Å². The molecule has 7 nitrogen and oxygen atoms in total. The summed E-state index contributed by atoms with van der Waals surface area (Å²) in [6, 6.07) is 10.4. The zero-order chi connectivity index (χ0) is 22.1. The van der Waals surface area contributed by atoms with Gasteiger partial charge in [-0.15, -0.1) is 11.8 Å². The fraction of sp³-hybridized carbons (Fsp3) is 0.300. The molecule has 0 saturated carbocycles. The number of aromatic nitrogens is 2. The number of nitrogens with zero attached hydrogens (tertiary/aromatic N) is 2. The largest absolute Gasteiger partial charge is 0.289 e. The molecule has 1 amide bonds. The second kappa shape index (κ2) is 8.37. The van der Waals surface area contributed by atoms with E-state index in [9.17, 15) is 17.6 Å². The second-order valence-corrected chi connectivity index (χ2v) is 10.5. The molecule has 1 heterocycles. The zero-order valence-electron chi connectivity index (χ0n) is 16.7. The van der Waals surface area contributed by atoms with Gasteiger partial charge in [-0.25, -0.2) is 18.3 Å². The molecule has 160 valence electrons. The molecule has 1 aromatic heterocycles. The Morgan fingerprint density at radius 3 is 2.63 bits per heavy atom. The first-order valence-corrected chi connectivity index (χ1v) is 12.2. The van der Waals surface area contributed by atoms with Gasteiger partial charge in [-0.05, 0) is 49.4 Å². The Morgan fingerprint density at radius 2 is 2.03 bits per heavy atom. The lowest BCUT2D eigenvalue weighted by molar-refractivity contribution is -0.131. The van der Waals surface area contributed by atoms with Crippen LogP contribution in [0, 0.1) is 5.82 Å². The Balaban J connectivity index is 1.89. The van der Waals surface area contributed by atoms with Gasteiger partial charge in [0.25, 0.3) is 5.91 Å². The van der Waals surface area contributed by atoms with Gasteiger partial charge in [-0.2, -0.15) is 5.10 Å². The molecule has 0 spiro atoms. The van der Waals surface area contributed by atoms with Gasteiger partial charge in [0.2, 0.25) is 0 Å². The molecular formula is C20H22FN3O4S2. The maximum Gasteiger partial charge on any atom is 0.264 e. The number of hydrogen-bond acceptors (Lipinski definition) is 6. The van der Waals surface area contributed by atoms with Crippen molar-refractivity contribution in [3.05, 3.63) is 48.4 Å². The Hall–Kier alpha value is -2.43. The fourth-order valence-electron chi connectivity index (χ4n) is 3.13. The third-order valence-electron chi connectivity index (χ3n) is 5.26. The highest BCUT2D eigenvalue weighted by Crippen LogP contribution is 2.29. The van der Waals surface area contributed by atoms with Crippen LogP contribution in [0.25, 0.3) is 22.0 Å². The van der Waals surface area contributed by atoms with E-state index in [1.165, 1.54) is 34.9 Å². The van der Waals surface area contributed by atoms with Crippen molar-refractivity contribution in [1.29, 1.82) is 0 Å². The number of benzene rings is 2. The van der Waals surface area contributed by atoms with Crippen LogP contribution in [0.4, 0.5) is 4.39 Å². The summed E-state index contributed by atoms with van der Waals surface area (Å²) < 4.78 is 38.4. The molecule has 0 saturated heterocycles. The van der Waals surface area contributed by atoms with Crippen LogP contribution >= 0.6 is 11.8 Å². The molecule has 30 heavy (non-hydrogen) atoms. The highest BCUT2D eigenvalue weighted by atomic mass is 32.2. The quantitative estimate of drug-likeness (QED) is 0.325. The van der Waals surface area contributed by atoms with Crippen molar-refractivity contribution >= 4 is 38.4 Å². The van der Waals surface area contributed by atoms with Gasteiger partial charge in [-0.1, -0.05) is 12.1 Å². The molecule has 3 rings (SSSR count). The monoisotopic (exact) mass is 451 g/mol. The molecule has 0 fully saturated rings. The SMILES string of the molecule is CSc1ccc(-c2ccc3nn(CCC(C)(C(=O)NO)S(C)(=O)=O)cc3c2)c(F)c1. The summed E-state index contributed by atoms with van der Waals surface area (Å²) in [6.45, 7) is 1.40. The summed E-state index contributed by atoms with van der Waals surface area (Å²) in [5.74, 6) is -1.30. The van der Waals surface area contributed by atoms with E-state index in [2.05, 4.69) is 5.10 Å². The van der Waals surface area contributed by atoms with E-state index in [4.69, 9.17) is 5.21 Å². The Bertz CT molecular complexity index is 1210. The minimum atomic E-state index is -3.79. The minimum Gasteiger partial charge on any atom is -0.289 e. The van der Waals surface area contributed by atoms with Gasteiger partial charge in [0, 0.05) is 34.8 Å². The maximum absolute atomic E-state index is 14.5. The van der Waals surface area contributed by atoms with Crippen molar-refractivity contribution in [3.8, 4) is 11.1 Å². The first kappa shape index (κ1) is 22.3. The summed E-state index contributed by atoms with van der Waals surface area (Å²) in [5.41, 5.74) is 3.27. The number of hydroxylamine groups is 1. The summed E-state index contributed by atoms with van der Waals surface area (Å²) in [7, 11) is -3.79. The molecular weight excluding hydrogens is 429 g/mol. The number of aryl methyl sites for hydroxylation is 1. The standard InChI is InChI=1S/C20H22FN3O4S2/c1-20(19(25)23-26,30(3,27)28)8-9-24-12-14-10-13(4-7-18(14)22-24)16-6-5-15(29-2)11-17(16)21/h4-7,10-12,26H,8-9H2,1-3H3,(H,23,25). The highest BCUT2D eigenvalue weighted by molar-refractivity contribution is 7.98. The number of thioether (sulfide) groups is 1. The van der Waals surface area contributed by atoms with Crippen molar-refractivity contribution in [2.45, 2.75) is 29.5 Å². The van der Waals surface area contributed by atoms with Crippen LogP contribution in [0.1, 0.15) is 13.3 Å². The molecule has 0 radical (unpaired) electrons. The number of carbonyl (C=O) groups excluding carboxylic acids is 1. The molecule has 1 unspecified atom stereocenters. The molecule has 2 N–H and O–H groups in total. The smallest absolute Gasteiger partial charge is 0.264 e. The number of nitrogens with one attached hydrogen (secondary N) is 1. The van der Waals surface area contributed by atoms with Crippen molar-refractivity contribution in [3.63, 3.8) is 0 Å². The minimum absolute atomic E-state index is 0.0795. The number of rotatable bonds is 7. The first-order chi connectivity index (χ1) is 14.1. The van der Waals surface area contributed by atoms with E-state index in [0.717, 1.165) is 16.5 Å². The molecule has 3 aromatic rings. The molecule has 0 aliphatic carbocycles. The second-order valence-electron chi connectivity index (χ2n) is 7.21. The van der Waals surface area contributed by atoms with Gasteiger partial charge in [0.05, 0.1) is 5.52 Å². The van der Waals surface area contributed by atoms with E-state index in [-0.39, 0.29) is 18.8 Å². The van der Waals surface area contributed by atoms with Crippen LogP contribution in [-0.4, -0.2) is 46.6 Å². The van der Waals surface area contributed by atoms with Crippen LogP contribution < -0.4 is 5.48 Å². The average molecular weight is 452 g/mol. The van der Waals surface area contributed by atoms with E-state index in [0.29, 0.717) is 16.6 Å². The molecule has 2 aromatic carbocycles. The number of fused-ring (bicyclic) bond motifs is 1. The Labute approximate surface area is 178 Å². The number of carbonyl (C=O) groups is 1. The van der Waals surface area contributed by atoms with Crippen molar-refractivity contribution in [2.75, 3.05) is 12.5 Å². The van der Waals surface area contributed by atoms with Gasteiger partial charge >= 0.3 is 0 Å². The highest BCUT2D eigenvalue weighted by Gasteiger charge is 2.43. The van der Waals surface area contributed by atoms with E-state index >= 15 is 0 Å². The van der Waals surface area contributed by atoms with Gasteiger partial charge < -0.3 is 0 Å². The number of halogens is 1. The predicted octanol–water partition coefficient (Wildman–Crippen LogP) is 3.26. The summed E-state index contributed by atoms with van der Waals surface area (Å²) >= 11 is 1.47. The fourth-order valence-corrected chi connectivity index (χ4v) is 4.40. The Kier molecular flexibility index (Phi) is 6.21. The lowest BCUT2D eigenvalue weighted by Crippen LogP contribution is -2.49. The number of amides is 1. The molecule has 0 bridgehead atoms. The lowest BCUT2D eigenvalue weighted by atomic mass is 10.0. The summed E-state index contributed by atoms with van der Waals surface area (Å²) in [5, 5.41) is 14.1. The average Bonchev–Trinajstić information content (AvgIpc) is 3.12. The third kappa shape index (κ3) is 4.21. The molecule has 0 aliphatic rings. The van der Waals surface area contributed by atoms with Crippen molar-refractivity contribution < 1.29 is 22.8 Å². The predicted molar refractivity (Wildman–Crippen MR) is 115 cm³/mol. The van der Waals surface area contributed by atoms with Crippen molar-refractivity contribution in [1.82, 2.24) is 15.3 Å². The zero-order valence-corrected chi connectivity index (χ0v) is 18.3. The van der Waals surface area contributed by atoms with Gasteiger partial charge in [0.15, 0.2) is 14.6 Å². The maximum atomic E-state index is 14.5. The van der Waals surface area contributed by atoms with E-state index < -0.39 is 20.5 Å². The van der Waals surface area contributed by atoms with Crippen LogP contribution in [0.5, 0.6) is 0 Å². The molecule has 10 heteroatoms. The van der Waals surface area contributed by atoms with Crippen LogP contribution in [-0.2, 0) is 21.2 Å². The topological polar surface area (TPSA) is 101 Å². The van der Waals surface area contributed by atoms with Crippen LogP contribution in [0.2, 0.25) is 0 Å². The first-order valence-electron chi connectivity index (χ1n) is 9.04. The van der Waals surface area contributed by atoms with Crippen LogP contribution in [0.15, 0.2) is 47.5 Å². The molecule has 1 atom stereocenters. The summed E-state index contributed by atoms with van der Waals surface area (Å²) in [4.78, 5) is 12.8. The van der Waals surface area contributed by atoms with Gasteiger partial charge in [0.1, 0.15) is 5.82 Å². The Morgan fingerprint density at radius 1 is 1.30 bits per heavy atom. The van der Waals surface area contributed by atoms with Crippen molar-refractivity contribution in [2.24, 2.45) is 0 Å².